The third kappa shape index (κ3) is 4.78. The molecule has 0 saturated carbocycles. The lowest BCUT2D eigenvalue weighted by Gasteiger charge is -2.28. The van der Waals surface area contributed by atoms with Crippen LogP contribution >= 0.6 is 22.6 Å². The topological polar surface area (TPSA) is 114 Å². The van der Waals surface area contributed by atoms with Crippen molar-refractivity contribution in [2.45, 2.75) is 0 Å². The van der Waals surface area contributed by atoms with E-state index in [1.165, 1.54) is 5.69 Å². The van der Waals surface area contributed by atoms with E-state index in [4.69, 9.17) is 9.37 Å². The Balaban J connectivity index is 1.32. The second-order valence-corrected chi connectivity index (χ2v) is 8.27. The number of ether oxygens (including phenoxy) is 1. The molecule has 3 heterocycles. The number of hydrogen-bond donors (Lipinski definition) is 2. The summed E-state index contributed by atoms with van der Waals surface area (Å²) in [4.78, 5) is 11.2. The van der Waals surface area contributed by atoms with Gasteiger partial charge >= 0.3 is 0 Å². The predicted molar refractivity (Wildman–Crippen MR) is 131 cm³/mol. The van der Waals surface area contributed by atoms with Crippen molar-refractivity contribution in [1.82, 2.24) is 20.3 Å². The third-order valence-corrected chi connectivity index (χ3v) is 5.59. The molecule has 2 N–H and O–H groups in total. The number of aromatic nitrogens is 4. The number of nitrogens with one attached hydrogen (secondary N) is 2. The Bertz CT molecular complexity index is 1220. The van der Waals surface area contributed by atoms with E-state index in [-0.39, 0.29) is 0 Å². The largest absolute Gasteiger partial charge is 0.378 e. The molecule has 0 amide bonds. The van der Waals surface area contributed by atoms with Crippen LogP contribution in [-0.2, 0) is 4.74 Å². The quantitative estimate of drug-likeness (QED) is 0.214. The Morgan fingerprint density at radius 1 is 0.906 bits per heavy atom. The number of rotatable bonds is 6. The molecule has 2 aromatic heterocycles. The molecule has 10 nitrogen and oxygen atoms in total. The second kappa shape index (κ2) is 9.44. The van der Waals surface area contributed by atoms with Gasteiger partial charge in [-0.1, -0.05) is 12.1 Å². The van der Waals surface area contributed by atoms with E-state index in [0.29, 0.717) is 22.9 Å². The van der Waals surface area contributed by atoms with E-state index >= 15 is 0 Å². The van der Waals surface area contributed by atoms with Gasteiger partial charge in [0.05, 0.1) is 19.4 Å². The van der Waals surface area contributed by atoms with E-state index in [2.05, 4.69) is 75.7 Å². The Hall–Kier alpha value is -3.32. The van der Waals surface area contributed by atoms with Gasteiger partial charge in [-0.05, 0) is 74.9 Å². The SMILES string of the molecule is Ic1ccc(Nc2nc3nonc3nc2NN=Cc2ccc(N3CCOCC3)cc2)cc1. The summed E-state index contributed by atoms with van der Waals surface area (Å²) in [6.07, 6.45) is 1.73. The minimum atomic E-state index is 0.297. The van der Waals surface area contributed by atoms with Gasteiger partial charge in [0.1, 0.15) is 0 Å². The van der Waals surface area contributed by atoms with Crippen LogP contribution in [0.4, 0.5) is 23.0 Å². The summed E-state index contributed by atoms with van der Waals surface area (Å²) in [6, 6.07) is 16.1. The van der Waals surface area contributed by atoms with Crippen LogP contribution in [0.15, 0.2) is 58.3 Å². The fraction of sp³-hybridized carbons (Fsp3) is 0.190. The normalized spacial score (nSPS) is 14.2. The van der Waals surface area contributed by atoms with E-state index in [0.717, 1.165) is 41.1 Å². The number of anilines is 4. The zero-order valence-electron chi connectivity index (χ0n) is 16.9. The first kappa shape index (κ1) is 20.6. The number of fused-ring (bicyclic) bond motifs is 1. The van der Waals surface area contributed by atoms with Gasteiger partial charge in [0.2, 0.25) is 11.3 Å². The van der Waals surface area contributed by atoms with Crippen LogP contribution < -0.4 is 15.6 Å². The maximum absolute atomic E-state index is 5.41. The molecule has 5 rings (SSSR count). The molecule has 2 aromatic carbocycles. The van der Waals surface area contributed by atoms with Crippen molar-refractivity contribution in [3.05, 3.63) is 57.7 Å². The van der Waals surface area contributed by atoms with Crippen molar-refractivity contribution in [3.63, 3.8) is 0 Å². The summed E-state index contributed by atoms with van der Waals surface area (Å²) in [6.45, 7) is 3.34. The minimum Gasteiger partial charge on any atom is -0.378 e. The number of halogens is 1. The molecule has 4 aromatic rings. The van der Waals surface area contributed by atoms with Crippen LogP contribution in [0.3, 0.4) is 0 Å². The van der Waals surface area contributed by atoms with Gasteiger partial charge < -0.3 is 15.0 Å². The lowest BCUT2D eigenvalue weighted by Crippen LogP contribution is -2.36. The molecule has 0 unspecified atom stereocenters. The van der Waals surface area contributed by atoms with Crippen molar-refractivity contribution < 1.29 is 9.37 Å². The monoisotopic (exact) mass is 542 g/mol. The predicted octanol–water partition coefficient (Wildman–Crippen LogP) is 3.64. The minimum absolute atomic E-state index is 0.297. The molecule has 1 fully saturated rings. The lowest BCUT2D eigenvalue weighted by molar-refractivity contribution is 0.122. The van der Waals surface area contributed by atoms with E-state index in [1.807, 2.05) is 36.4 Å². The molecule has 11 heteroatoms. The summed E-state index contributed by atoms with van der Waals surface area (Å²) >= 11 is 2.26. The Labute approximate surface area is 197 Å². The van der Waals surface area contributed by atoms with Crippen LogP contribution in [0.25, 0.3) is 11.3 Å². The van der Waals surface area contributed by atoms with Crippen molar-refractivity contribution in [2.24, 2.45) is 5.10 Å². The molecular formula is C21H19IN8O2. The van der Waals surface area contributed by atoms with Crippen LogP contribution in [-0.4, -0.2) is 52.8 Å². The molecular weight excluding hydrogens is 523 g/mol. The van der Waals surface area contributed by atoms with Gasteiger partial charge in [-0.3, -0.25) is 5.43 Å². The average Bonchev–Trinajstić information content (AvgIpc) is 3.29. The molecule has 0 atom stereocenters. The van der Waals surface area contributed by atoms with Gasteiger partial charge in [0.25, 0.3) is 0 Å². The molecule has 0 aliphatic carbocycles. The third-order valence-electron chi connectivity index (χ3n) is 4.87. The zero-order chi connectivity index (χ0) is 21.8. The molecule has 1 aliphatic heterocycles. The Morgan fingerprint density at radius 2 is 1.59 bits per heavy atom. The smallest absolute Gasteiger partial charge is 0.245 e. The van der Waals surface area contributed by atoms with E-state index in [9.17, 15) is 0 Å². The molecule has 0 bridgehead atoms. The second-order valence-electron chi connectivity index (χ2n) is 7.03. The highest BCUT2D eigenvalue weighted by Gasteiger charge is 2.13. The number of hydrazone groups is 1. The van der Waals surface area contributed by atoms with Gasteiger partial charge in [-0.2, -0.15) is 10.1 Å². The summed E-state index contributed by atoms with van der Waals surface area (Å²) in [5, 5.41) is 15.1. The number of hydrogen-bond acceptors (Lipinski definition) is 10. The highest BCUT2D eigenvalue weighted by Crippen LogP contribution is 2.24. The first-order valence-corrected chi connectivity index (χ1v) is 11.1. The Kier molecular flexibility index (Phi) is 6.07. The number of nitrogens with zero attached hydrogens (tertiary/aromatic N) is 6. The zero-order valence-corrected chi connectivity index (χ0v) is 19.1. The summed E-state index contributed by atoms with van der Waals surface area (Å²) in [5.41, 5.74) is 6.55. The average molecular weight is 542 g/mol. The van der Waals surface area contributed by atoms with Gasteiger partial charge in [-0.25, -0.2) is 9.61 Å². The maximum Gasteiger partial charge on any atom is 0.245 e. The lowest BCUT2D eigenvalue weighted by atomic mass is 10.2. The Morgan fingerprint density at radius 3 is 2.31 bits per heavy atom. The molecule has 32 heavy (non-hydrogen) atoms. The molecule has 0 radical (unpaired) electrons. The molecule has 0 spiro atoms. The van der Waals surface area contributed by atoms with Crippen LogP contribution in [0.2, 0.25) is 0 Å². The molecule has 1 aliphatic rings. The summed E-state index contributed by atoms with van der Waals surface area (Å²) < 4.78 is 11.3. The summed E-state index contributed by atoms with van der Waals surface area (Å²) in [5.74, 6) is 0.877. The fourth-order valence-corrected chi connectivity index (χ4v) is 3.59. The highest BCUT2D eigenvalue weighted by molar-refractivity contribution is 14.1. The van der Waals surface area contributed by atoms with Crippen LogP contribution in [0, 0.1) is 3.57 Å². The maximum atomic E-state index is 5.41. The highest BCUT2D eigenvalue weighted by atomic mass is 127. The van der Waals surface area contributed by atoms with E-state index in [1.54, 1.807) is 6.21 Å². The van der Waals surface area contributed by atoms with Crippen molar-refractivity contribution >= 4 is 63.1 Å². The fourth-order valence-electron chi connectivity index (χ4n) is 3.23. The molecule has 1 saturated heterocycles. The first-order chi connectivity index (χ1) is 15.7. The van der Waals surface area contributed by atoms with Gasteiger partial charge in [0.15, 0.2) is 11.6 Å². The van der Waals surface area contributed by atoms with Crippen molar-refractivity contribution in [2.75, 3.05) is 41.9 Å². The van der Waals surface area contributed by atoms with Crippen LogP contribution in [0.1, 0.15) is 5.56 Å². The molecule has 162 valence electrons. The van der Waals surface area contributed by atoms with Crippen LogP contribution in [0.5, 0.6) is 0 Å². The number of morpholine rings is 1. The van der Waals surface area contributed by atoms with Crippen molar-refractivity contribution in [3.8, 4) is 0 Å². The summed E-state index contributed by atoms with van der Waals surface area (Å²) in [7, 11) is 0. The van der Waals surface area contributed by atoms with Gasteiger partial charge in [-0.15, -0.1) is 0 Å². The van der Waals surface area contributed by atoms with Crippen molar-refractivity contribution in [1.29, 1.82) is 0 Å². The standard InChI is InChI=1S/C21H19IN8O2/c22-15-3-5-16(6-4-15)24-18-19(26-21-20(25-18)28-32-29-21)27-23-13-14-1-7-17(8-2-14)30-9-11-31-12-10-30/h1-8,13H,9-12H2,(H,24,25,28)(H,26,27,29). The number of benzene rings is 2. The first-order valence-electron chi connectivity index (χ1n) is 9.99. The van der Waals surface area contributed by atoms with Gasteiger partial charge in [0, 0.05) is 28.0 Å². The van der Waals surface area contributed by atoms with E-state index < -0.39 is 0 Å².